The molecule has 0 unspecified atom stereocenters. The molecule has 5 rings (SSSR count). The van der Waals surface area contributed by atoms with Gasteiger partial charge in [-0.25, -0.2) is 4.79 Å². The summed E-state index contributed by atoms with van der Waals surface area (Å²) < 4.78 is 5.42. The average molecular weight is 518 g/mol. The number of halogens is 1. The first-order valence-electron chi connectivity index (χ1n) is 11.6. The van der Waals surface area contributed by atoms with Crippen molar-refractivity contribution in [1.82, 2.24) is 4.90 Å². The zero-order chi connectivity index (χ0) is 25.1. The monoisotopic (exact) mass is 517 g/mol. The summed E-state index contributed by atoms with van der Waals surface area (Å²) in [5.74, 6) is -0.199. The van der Waals surface area contributed by atoms with Crippen LogP contribution in [0.2, 0.25) is 5.02 Å². The van der Waals surface area contributed by atoms with Crippen LogP contribution in [0.5, 0.6) is 5.75 Å². The summed E-state index contributed by atoms with van der Waals surface area (Å²) in [6, 6.07) is 22.1. The van der Waals surface area contributed by atoms with Crippen molar-refractivity contribution in [2.24, 2.45) is 4.99 Å². The Labute approximate surface area is 219 Å². The molecule has 0 N–H and O–H groups in total. The molecule has 0 aliphatic carbocycles. The molecule has 0 spiro atoms. The van der Waals surface area contributed by atoms with Gasteiger partial charge < -0.3 is 14.5 Å². The minimum atomic E-state index is -0.410. The minimum Gasteiger partial charge on any atom is -0.423 e. The molecule has 1 fully saturated rings. The number of nitrogens with zero attached hydrogens (tertiary/aromatic N) is 3. The van der Waals surface area contributed by atoms with Crippen LogP contribution in [0.15, 0.2) is 82.7 Å². The summed E-state index contributed by atoms with van der Waals surface area (Å²) in [5.41, 5.74) is 3.50. The maximum Gasteiger partial charge on any atom is 0.343 e. The van der Waals surface area contributed by atoms with E-state index in [1.165, 1.54) is 11.8 Å². The Morgan fingerprint density at radius 2 is 1.67 bits per heavy atom. The number of anilines is 1. The zero-order valence-corrected chi connectivity index (χ0v) is 21.3. The lowest BCUT2D eigenvalue weighted by Gasteiger charge is -2.36. The minimum absolute atomic E-state index is 0.234. The number of ether oxygens (including phenoxy) is 1. The number of benzene rings is 3. The highest BCUT2D eigenvalue weighted by molar-refractivity contribution is 8.18. The predicted octanol–water partition coefficient (Wildman–Crippen LogP) is 5.66. The molecule has 36 heavy (non-hydrogen) atoms. The molecular weight excluding hydrogens is 494 g/mol. The maximum atomic E-state index is 12.6. The quantitative estimate of drug-likeness (QED) is 0.253. The second kappa shape index (κ2) is 10.6. The van der Waals surface area contributed by atoms with Gasteiger partial charge in [-0.1, -0.05) is 48.0 Å². The zero-order valence-electron chi connectivity index (χ0n) is 19.7. The molecule has 6 nitrogen and oxygen atoms in total. The number of aliphatic imine (C=N–C) groups is 1. The van der Waals surface area contributed by atoms with E-state index in [1.54, 1.807) is 36.4 Å². The first kappa shape index (κ1) is 24.2. The van der Waals surface area contributed by atoms with E-state index in [0.29, 0.717) is 16.2 Å². The van der Waals surface area contributed by atoms with Gasteiger partial charge in [0, 0.05) is 36.9 Å². The van der Waals surface area contributed by atoms with Crippen LogP contribution >= 0.6 is 23.4 Å². The molecule has 3 aromatic carbocycles. The van der Waals surface area contributed by atoms with Gasteiger partial charge in [0.25, 0.3) is 5.91 Å². The van der Waals surface area contributed by atoms with Gasteiger partial charge in [-0.15, -0.1) is 0 Å². The summed E-state index contributed by atoms with van der Waals surface area (Å²) >= 11 is 7.69. The van der Waals surface area contributed by atoms with Gasteiger partial charge in [0.2, 0.25) is 0 Å². The topological polar surface area (TPSA) is 62.2 Å². The van der Waals surface area contributed by atoms with Crippen LogP contribution in [0.1, 0.15) is 21.5 Å². The number of amides is 1. The van der Waals surface area contributed by atoms with Crippen LogP contribution in [0, 0.1) is 6.92 Å². The molecule has 2 heterocycles. The molecule has 1 amide bonds. The molecule has 1 saturated heterocycles. The summed E-state index contributed by atoms with van der Waals surface area (Å²) in [5, 5.41) is 1.51. The highest BCUT2D eigenvalue weighted by Crippen LogP contribution is 2.32. The van der Waals surface area contributed by atoms with E-state index in [9.17, 15) is 9.59 Å². The Morgan fingerprint density at radius 1 is 0.972 bits per heavy atom. The number of amidine groups is 1. The van der Waals surface area contributed by atoms with Crippen molar-refractivity contribution in [2.45, 2.75) is 6.92 Å². The van der Waals surface area contributed by atoms with E-state index in [-0.39, 0.29) is 5.91 Å². The molecule has 2 aliphatic heterocycles. The molecule has 0 aromatic heterocycles. The number of esters is 1. The number of aryl methyl sites for hydroxylation is 1. The normalized spacial score (nSPS) is 16.9. The molecular formula is C28H24ClN3O3S. The number of hydrogen-bond donors (Lipinski definition) is 0. The summed E-state index contributed by atoms with van der Waals surface area (Å²) in [4.78, 5) is 34.1. The van der Waals surface area contributed by atoms with Gasteiger partial charge in [0.15, 0.2) is 5.17 Å². The third-order valence-electron chi connectivity index (χ3n) is 6.08. The highest BCUT2D eigenvalue weighted by atomic mass is 35.5. The van der Waals surface area contributed by atoms with Crippen molar-refractivity contribution in [1.29, 1.82) is 0 Å². The van der Waals surface area contributed by atoms with Crippen LogP contribution < -0.4 is 9.64 Å². The molecule has 2 aliphatic rings. The Morgan fingerprint density at radius 3 is 2.36 bits per heavy atom. The van der Waals surface area contributed by atoms with Crippen molar-refractivity contribution in [2.75, 3.05) is 31.1 Å². The van der Waals surface area contributed by atoms with E-state index in [4.69, 9.17) is 16.3 Å². The van der Waals surface area contributed by atoms with Crippen LogP contribution in [-0.2, 0) is 4.79 Å². The Hall–Kier alpha value is -3.55. The number of thioether (sulfide) groups is 1. The third-order valence-corrected chi connectivity index (χ3v) is 7.53. The second-order valence-electron chi connectivity index (χ2n) is 8.54. The van der Waals surface area contributed by atoms with Crippen LogP contribution in [-0.4, -0.2) is 48.1 Å². The number of carbonyl (C=O) groups is 2. The van der Waals surface area contributed by atoms with Gasteiger partial charge in [0.05, 0.1) is 10.5 Å². The maximum absolute atomic E-state index is 12.6. The molecule has 8 heteroatoms. The molecule has 0 radical (unpaired) electrons. The highest BCUT2D eigenvalue weighted by Gasteiger charge is 2.28. The van der Waals surface area contributed by atoms with Gasteiger partial charge in [-0.05, 0) is 72.3 Å². The molecule has 3 aromatic rings. The van der Waals surface area contributed by atoms with Crippen molar-refractivity contribution in [3.05, 3.63) is 99.4 Å². The number of piperazine rings is 1. The van der Waals surface area contributed by atoms with Gasteiger partial charge in [-0.2, -0.15) is 4.99 Å². The Bertz CT molecular complexity index is 1350. The first-order chi connectivity index (χ1) is 17.5. The van der Waals surface area contributed by atoms with Crippen LogP contribution in [0.4, 0.5) is 5.69 Å². The van der Waals surface area contributed by atoms with Crippen molar-refractivity contribution in [3.8, 4) is 5.75 Å². The fraction of sp³-hybridized carbons (Fsp3) is 0.179. The summed E-state index contributed by atoms with van der Waals surface area (Å²) in [6.07, 6.45) is 1.82. The van der Waals surface area contributed by atoms with Crippen molar-refractivity contribution >= 4 is 52.2 Å². The van der Waals surface area contributed by atoms with E-state index < -0.39 is 5.97 Å². The van der Waals surface area contributed by atoms with Crippen molar-refractivity contribution in [3.63, 3.8) is 0 Å². The fourth-order valence-corrected chi connectivity index (χ4v) is 5.13. The van der Waals surface area contributed by atoms with Crippen LogP contribution in [0.25, 0.3) is 6.08 Å². The van der Waals surface area contributed by atoms with E-state index in [1.807, 2.05) is 43.3 Å². The largest absolute Gasteiger partial charge is 0.423 e. The number of hydrogen-bond acceptors (Lipinski definition) is 6. The molecule has 182 valence electrons. The number of rotatable bonds is 4. The summed E-state index contributed by atoms with van der Waals surface area (Å²) in [6.45, 7) is 5.21. The lowest BCUT2D eigenvalue weighted by Crippen LogP contribution is -2.47. The first-order valence-corrected chi connectivity index (χ1v) is 12.8. The van der Waals surface area contributed by atoms with E-state index >= 15 is 0 Å². The molecule has 0 bridgehead atoms. The Balaban J connectivity index is 1.18. The van der Waals surface area contributed by atoms with Gasteiger partial charge >= 0.3 is 5.97 Å². The third kappa shape index (κ3) is 5.48. The Kier molecular flexibility index (Phi) is 7.11. The lowest BCUT2D eigenvalue weighted by molar-refractivity contribution is -0.113. The van der Waals surface area contributed by atoms with E-state index in [0.717, 1.165) is 53.2 Å². The second-order valence-corrected chi connectivity index (χ2v) is 9.96. The predicted molar refractivity (Wildman–Crippen MR) is 146 cm³/mol. The molecule has 0 atom stereocenters. The fourth-order valence-electron chi connectivity index (χ4n) is 3.99. The van der Waals surface area contributed by atoms with E-state index in [2.05, 4.69) is 20.9 Å². The van der Waals surface area contributed by atoms with Gasteiger partial charge in [-0.3, -0.25) is 4.79 Å². The summed E-state index contributed by atoms with van der Waals surface area (Å²) in [7, 11) is 0. The SMILES string of the molecule is Cc1ccc(N2CCN(C3=NC(=O)/C(=C\c4ccc(OC(=O)c5ccccc5)cc4)S3)CC2)cc1Cl. The standard InChI is InChI=1S/C28H24ClN3O3S/c1-19-7-10-22(18-24(19)29)31-13-15-32(16-14-31)28-30-26(33)25(36-28)17-20-8-11-23(12-9-20)35-27(34)21-5-3-2-4-6-21/h2-12,17-18H,13-16H2,1H3/b25-17+. The van der Waals surface area contributed by atoms with Crippen molar-refractivity contribution < 1.29 is 14.3 Å². The average Bonchev–Trinajstić information content (AvgIpc) is 3.27. The number of carbonyl (C=O) groups excluding carboxylic acids is 2. The smallest absolute Gasteiger partial charge is 0.343 e. The molecule has 0 saturated carbocycles. The van der Waals surface area contributed by atoms with Crippen LogP contribution in [0.3, 0.4) is 0 Å². The lowest BCUT2D eigenvalue weighted by atomic mass is 10.2. The van der Waals surface area contributed by atoms with Gasteiger partial charge in [0.1, 0.15) is 5.75 Å².